The molecule has 9 heteroatoms. The molecule has 8 nitrogen and oxygen atoms in total. The van der Waals surface area contributed by atoms with Gasteiger partial charge >= 0.3 is 6.01 Å². The van der Waals surface area contributed by atoms with E-state index in [1.54, 1.807) is 30.3 Å². The van der Waals surface area contributed by atoms with Crippen LogP contribution in [0.4, 0.5) is 6.01 Å². The van der Waals surface area contributed by atoms with Crippen molar-refractivity contribution in [3.63, 3.8) is 0 Å². The fraction of sp³-hybridized carbons (Fsp3) is 0.167. The van der Waals surface area contributed by atoms with Crippen molar-refractivity contribution in [1.29, 1.82) is 0 Å². The van der Waals surface area contributed by atoms with Gasteiger partial charge in [-0.15, -0.1) is 5.10 Å². The molecule has 0 aliphatic rings. The summed E-state index contributed by atoms with van der Waals surface area (Å²) in [5, 5.41) is 10.8. The molecule has 0 spiro atoms. The molecule has 0 saturated carbocycles. The molecule has 3 aromatic rings. The van der Waals surface area contributed by atoms with Crippen LogP contribution in [0.1, 0.15) is 10.4 Å². The fourth-order valence-corrected chi connectivity index (χ4v) is 2.58. The lowest BCUT2D eigenvalue weighted by atomic mass is 10.2. The molecule has 0 fully saturated rings. The molecule has 2 aromatic carbocycles. The van der Waals surface area contributed by atoms with Crippen molar-refractivity contribution in [2.75, 3.05) is 26.6 Å². The second-order valence-electron chi connectivity index (χ2n) is 5.29. The second kappa shape index (κ2) is 7.96. The van der Waals surface area contributed by atoms with Crippen LogP contribution in [0.25, 0.3) is 11.5 Å². The second-order valence-corrected chi connectivity index (χ2v) is 5.73. The van der Waals surface area contributed by atoms with Crippen LogP contribution in [0.5, 0.6) is 17.2 Å². The lowest BCUT2D eigenvalue weighted by molar-refractivity contribution is 0.102. The topological polar surface area (TPSA) is 95.7 Å². The number of hydrogen-bond acceptors (Lipinski definition) is 7. The van der Waals surface area contributed by atoms with Crippen LogP contribution in [0.3, 0.4) is 0 Å². The number of methoxy groups -OCH3 is 3. The van der Waals surface area contributed by atoms with E-state index < -0.39 is 5.91 Å². The third-order valence-electron chi connectivity index (χ3n) is 3.64. The first kappa shape index (κ1) is 18.5. The number of nitrogens with one attached hydrogen (secondary N) is 1. The lowest BCUT2D eigenvalue weighted by Gasteiger charge is -2.12. The molecule has 1 N–H and O–H groups in total. The van der Waals surface area contributed by atoms with Gasteiger partial charge in [-0.2, -0.15) is 0 Å². The Kier molecular flexibility index (Phi) is 5.46. The van der Waals surface area contributed by atoms with E-state index in [-0.39, 0.29) is 11.9 Å². The van der Waals surface area contributed by atoms with Gasteiger partial charge in [0.15, 0.2) is 11.5 Å². The van der Waals surface area contributed by atoms with Gasteiger partial charge in [-0.1, -0.05) is 22.8 Å². The highest BCUT2D eigenvalue weighted by Crippen LogP contribution is 2.41. The van der Waals surface area contributed by atoms with Crippen LogP contribution in [0.15, 0.2) is 40.8 Å². The smallest absolute Gasteiger partial charge is 0.322 e. The molecule has 0 radical (unpaired) electrons. The van der Waals surface area contributed by atoms with Crippen molar-refractivity contribution in [3.05, 3.63) is 47.0 Å². The van der Waals surface area contributed by atoms with Crippen molar-refractivity contribution >= 4 is 23.5 Å². The summed E-state index contributed by atoms with van der Waals surface area (Å²) in [6.07, 6.45) is 0. The van der Waals surface area contributed by atoms with Gasteiger partial charge in [-0.25, -0.2) is 0 Å². The summed E-state index contributed by atoms with van der Waals surface area (Å²) in [5.74, 6) is 1.08. The minimum atomic E-state index is -0.419. The molecule has 0 aliphatic carbocycles. The highest BCUT2D eigenvalue weighted by Gasteiger charge is 2.18. The number of nitrogens with zero attached hydrogens (tertiary/aromatic N) is 2. The maximum atomic E-state index is 12.2. The monoisotopic (exact) mass is 389 g/mol. The van der Waals surface area contributed by atoms with E-state index in [1.165, 1.54) is 27.4 Å². The van der Waals surface area contributed by atoms with Crippen molar-refractivity contribution in [2.45, 2.75) is 0 Å². The number of ether oxygens (including phenoxy) is 3. The van der Waals surface area contributed by atoms with Crippen LogP contribution in [0, 0.1) is 0 Å². The van der Waals surface area contributed by atoms with E-state index in [0.29, 0.717) is 33.4 Å². The summed E-state index contributed by atoms with van der Waals surface area (Å²) in [6, 6.07) is 9.78. The minimum Gasteiger partial charge on any atom is -0.493 e. The molecular formula is C18H16ClN3O5. The molecule has 3 rings (SSSR count). The van der Waals surface area contributed by atoms with Gasteiger partial charge in [0.2, 0.25) is 11.6 Å². The van der Waals surface area contributed by atoms with Gasteiger partial charge < -0.3 is 18.6 Å². The molecule has 1 aromatic heterocycles. The van der Waals surface area contributed by atoms with Gasteiger partial charge in [-0.05, 0) is 30.3 Å². The number of carbonyl (C=O) groups is 1. The van der Waals surface area contributed by atoms with Crippen LogP contribution in [-0.4, -0.2) is 37.4 Å². The highest BCUT2D eigenvalue weighted by molar-refractivity contribution is 6.31. The number of carbonyl (C=O) groups excluding carboxylic acids is 1. The summed E-state index contributed by atoms with van der Waals surface area (Å²) < 4.78 is 21.4. The Morgan fingerprint density at radius 2 is 1.74 bits per heavy atom. The SMILES string of the molecule is COc1cc(-c2nnc(NC(=O)c3cccc(Cl)c3)o2)cc(OC)c1OC. The number of hydrogen-bond donors (Lipinski definition) is 1. The molecule has 0 unspecified atom stereocenters. The van der Waals surface area contributed by atoms with Gasteiger partial charge in [0.1, 0.15) is 0 Å². The first-order valence-corrected chi connectivity index (χ1v) is 8.14. The molecule has 0 bridgehead atoms. The lowest BCUT2D eigenvalue weighted by Crippen LogP contribution is -2.11. The van der Waals surface area contributed by atoms with Crippen LogP contribution in [-0.2, 0) is 0 Å². The predicted molar refractivity (Wildman–Crippen MR) is 98.8 cm³/mol. The summed E-state index contributed by atoms with van der Waals surface area (Å²) in [4.78, 5) is 12.2. The van der Waals surface area contributed by atoms with Crippen molar-refractivity contribution in [1.82, 2.24) is 10.2 Å². The number of aromatic nitrogens is 2. The molecule has 27 heavy (non-hydrogen) atoms. The normalized spacial score (nSPS) is 10.4. The van der Waals surface area contributed by atoms with E-state index in [2.05, 4.69) is 15.5 Å². The van der Waals surface area contributed by atoms with Gasteiger partial charge in [0.05, 0.1) is 21.3 Å². The summed E-state index contributed by atoms with van der Waals surface area (Å²) >= 11 is 5.89. The number of anilines is 1. The molecule has 140 valence electrons. The van der Waals surface area contributed by atoms with Crippen LogP contribution < -0.4 is 19.5 Å². The summed E-state index contributed by atoms with van der Waals surface area (Å²) in [7, 11) is 4.52. The van der Waals surface area contributed by atoms with Crippen LogP contribution in [0.2, 0.25) is 5.02 Å². The van der Waals surface area contributed by atoms with Crippen LogP contribution >= 0.6 is 11.6 Å². The summed E-state index contributed by atoms with van der Waals surface area (Å²) in [5.41, 5.74) is 0.912. The quantitative estimate of drug-likeness (QED) is 0.687. The number of halogens is 1. The first-order valence-electron chi connectivity index (χ1n) is 7.76. The van der Waals surface area contributed by atoms with Crippen molar-refractivity contribution in [2.24, 2.45) is 0 Å². The van der Waals surface area contributed by atoms with Crippen molar-refractivity contribution in [3.8, 4) is 28.7 Å². The molecule has 0 aliphatic heterocycles. The number of amides is 1. The zero-order chi connectivity index (χ0) is 19.4. The van der Waals surface area contributed by atoms with Gasteiger partial charge in [0, 0.05) is 16.1 Å². The first-order chi connectivity index (χ1) is 13.0. The van der Waals surface area contributed by atoms with E-state index in [9.17, 15) is 4.79 Å². The Morgan fingerprint density at radius 3 is 2.33 bits per heavy atom. The van der Waals surface area contributed by atoms with Crippen molar-refractivity contribution < 1.29 is 23.4 Å². The Balaban J connectivity index is 1.86. The predicted octanol–water partition coefficient (Wildman–Crippen LogP) is 3.67. The largest absolute Gasteiger partial charge is 0.493 e. The average Bonchev–Trinajstić information content (AvgIpc) is 3.15. The van der Waals surface area contributed by atoms with E-state index in [0.717, 1.165) is 0 Å². The number of rotatable bonds is 6. The van der Waals surface area contributed by atoms with E-state index >= 15 is 0 Å². The zero-order valence-electron chi connectivity index (χ0n) is 14.8. The van der Waals surface area contributed by atoms with Gasteiger partial charge in [0.25, 0.3) is 5.91 Å². The maximum absolute atomic E-state index is 12.2. The third kappa shape index (κ3) is 3.95. The standard InChI is InChI=1S/C18H16ClN3O5/c1-24-13-8-11(9-14(25-2)15(13)26-3)17-21-22-18(27-17)20-16(23)10-5-4-6-12(19)7-10/h4-9H,1-3H3,(H,20,22,23). The minimum absolute atomic E-state index is 0.0521. The Morgan fingerprint density at radius 1 is 1.04 bits per heavy atom. The molecule has 0 saturated heterocycles. The Labute approximate surface area is 160 Å². The zero-order valence-corrected chi connectivity index (χ0v) is 15.5. The Hall–Kier alpha value is -3.26. The molecule has 1 heterocycles. The summed E-state index contributed by atoms with van der Waals surface area (Å²) in [6.45, 7) is 0. The molecular weight excluding hydrogens is 374 g/mol. The molecule has 0 atom stereocenters. The van der Waals surface area contributed by atoms with E-state index in [4.69, 9.17) is 30.2 Å². The molecule has 1 amide bonds. The van der Waals surface area contributed by atoms with E-state index in [1.807, 2.05) is 0 Å². The average molecular weight is 390 g/mol. The van der Waals surface area contributed by atoms with Gasteiger partial charge in [-0.3, -0.25) is 10.1 Å². The number of benzene rings is 2. The third-order valence-corrected chi connectivity index (χ3v) is 3.88. The highest BCUT2D eigenvalue weighted by atomic mass is 35.5. The Bertz CT molecular complexity index is 948. The maximum Gasteiger partial charge on any atom is 0.322 e. The fourth-order valence-electron chi connectivity index (χ4n) is 2.39.